The summed E-state index contributed by atoms with van der Waals surface area (Å²) >= 11 is 0. The molecule has 2 aliphatic rings. The normalized spacial score (nSPS) is 19.7. The topological polar surface area (TPSA) is 24.7 Å². The van der Waals surface area contributed by atoms with E-state index >= 15 is 0 Å². The zero-order chi connectivity index (χ0) is 7.68. The highest BCUT2D eigenvalue weighted by Gasteiger charge is 2.17. The van der Waals surface area contributed by atoms with Gasteiger partial charge in [-0.15, -0.1) is 11.5 Å². The molecule has 0 atom stereocenters. The van der Waals surface area contributed by atoms with Crippen LogP contribution in [0.2, 0.25) is 0 Å². The Bertz CT molecular complexity index is 348. The first-order valence-corrected chi connectivity index (χ1v) is 3.40. The maximum atomic E-state index is 5.22. The van der Waals surface area contributed by atoms with Crippen molar-refractivity contribution in [3.63, 3.8) is 0 Å². The van der Waals surface area contributed by atoms with E-state index in [-0.39, 0.29) is 0 Å². The van der Waals surface area contributed by atoms with Crippen LogP contribution in [0, 0.1) is 12.3 Å². The molecule has 1 heterocycles. The van der Waals surface area contributed by atoms with Crippen LogP contribution in [0.1, 0.15) is 6.42 Å². The van der Waals surface area contributed by atoms with E-state index in [1.54, 1.807) is 0 Å². The highest BCUT2D eigenvalue weighted by molar-refractivity contribution is 6.33. The lowest BCUT2D eigenvalue weighted by molar-refractivity contribution is 1.25. The number of fused-ring (bicyclic) bond motifs is 1. The van der Waals surface area contributed by atoms with Crippen LogP contribution in [-0.2, 0) is 0 Å². The van der Waals surface area contributed by atoms with Gasteiger partial charge in [-0.2, -0.15) is 5.10 Å². The average molecular weight is 142 g/mol. The Hall–Kier alpha value is -1.62. The van der Waals surface area contributed by atoms with Gasteiger partial charge in [-0.25, -0.2) is 0 Å². The van der Waals surface area contributed by atoms with E-state index in [4.69, 9.17) is 6.42 Å². The number of nitrogens with zero attached hydrogens (tertiary/aromatic N) is 2. The van der Waals surface area contributed by atoms with Gasteiger partial charge in [0.25, 0.3) is 0 Å². The first-order chi connectivity index (χ1) is 5.42. The molecule has 0 saturated carbocycles. The molecule has 0 aromatic rings. The standard InChI is InChI=1S/C9H6N2/c1-2-8-7-5-3-4-6-9(7)11-10-8/h1,3-5H,6H2. The number of rotatable bonds is 0. The molecule has 0 bridgehead atoms. The van der Waals surface area contributed by atoms with Crippen molar-refractivity contribution >= 4 is 11.4 Å². The molecule has 0 aromatic heterocycles. The Morgan fingerprint density at radius 2 is 2.36 bits per heavy atom. The zero-order valence-corrected chi connectivity index (χ0v) is 5.91. The third kappa shape index (κ3) is 0.821. The largest absolute Gasteiger partial charge is 0.153 e. The Morgan fingerprint density at radius 3 is 3.18 bits per heavy atom. The third-order valence-corrected chi connectivity index (χ3v) is 1.68. The molecule has 0 aromatic carbocycles. The number of allylic oxidation sites excluding steroid dienone is 4. The van der Waals surface area contributed by atoms with Crippen molar-refractivity contribution in [2.45, 2.75) is 6.42 Å². The molecule has 0 fully saturated rings. The van der Waals surface area contributed by atoms with Crippen LogP contribution in [0.25, 0.3) is 0 Å². The van der Waals surface area contributed by atoms with E-state index in [1.165, 1.54) is 0 Å². The van der Waals surface area contributed by atoms with E-state index < -0.39 is 0 Å². The van der Waals surface area contributed by atoms with Crippen molar-refractivity contribution in [3.8, 4) is 12.3 Å². The fourth-order valence-corrected chi connectivity index (χ4v) is 1.13. The van der Waals surface area contributed by atoms with Crippen LogP contribution in [-0.4, -0.2) is 11.4 Å². The quantitative estimate of drug-likeness (QED) is 0.456. The molecule has 0 spiro atoms. The first-order valence-electron chi connectivity index (χ1n) is 3.40. The van der Waals surface area contributed by atoms with Gasteiger partial charge < -0.3 is 0 Å². The molecule has 0 unspecified atom stereocenters. The van der Waals surface area contributed by atoms with Gasteiger partial charge in [-0.3, -0.25) is 0 Å². The Kier molecular flexibility index (Phi) is 1.23. The minimum Gasteiger partial charge on any atom is -0.153 e. The van der Waals surface area contributed by atoms with Crippen LogP contribution in [0.15, 0.2) is 34.0 Å². The van der Waals surface area contributed by atoms with Gasteiger partial charge >= 0.3 is 0 Å². The third-order valence-electron chi connectivity index (χ3n) is 1.68. The lowest BCUT2D eigenvalue weighted by atomic mass is 10.00. The van der Waals surface area contributed by atoms with E-state index in [0.717, 1.165) is 17.7 Å². The Labute approximate surface area is 65.0 Å². The number of terminal acetylenes is 1. The predicted molar refractivity (Wildman–Crippen MR) is 45.5 cm³/mol. The van der Waals surface area contributed by atoms with Gasteiger partial charge in [-0.1, -0.05) is 18.2 Å². The van der Waals surface area contributed by atoms with Gasteiger partial charge in [-0.05, 0) is 5.92 Å². The summed E-state index contributed by atoms with van der Waals surface area (Å²) in [6.07, 6.45) is 12.0. The van der Waals surface area contributed by atoms with Crippen molar-refractivity contribution in [2.24, 2.45) is 10.2 Å². The second-order valence-corrected chi connectivity index (χ2v) is 2.35. The molecule has 52 valence electrons. The average Bonchev–Trinajstić information content (AvgIpc) is 2.47. The van der Waals surface area contributed by atoms with E-state index in [0.29, 0.717) is 5.71 Å². The fraction of sp³-hybridized carbons (Fsp3) is 0.111. The summed E-state index contributed by atoms with van der Waals surface area (Å²) in [6.45, 7) is 0. The first kappa shape index (κ1) is 6.11. The van der Waals surface area contributed by atoms with Crippen LogP contribution in [0.5, 0.6) is 0 Å². The Morgan fingerprint density at radius 1 is 1.45 bits per heavy atom. The molecule has 0 N–H and O–H groups in total. The summed E-state index contributed by atoms with van der Waals surface area (Å²) in [4.78, 5) is 0. The van der Waals surface area contributed by atoms with Gasteiger partial charge in [0.1, 0.15) is 5.71 Å². The maximum absolute atomic E-state index is 5.22. The van der Waals surface area contributed by atoms with Crippen molar-refractivity contribution in [2.75, 3.05) is 0 Å². The number of hydrogen-bond donors (Lipinski definition) is 0. The fourth-order valence-electron chi connectivity index (χ4n) is 1.13. The van der Waals surface area contributed by atoms with Gasteiger partial charge in [0.2, 0.25) is 0 Å². The highest BCUT2D eigenvalue weighted by atomic mass is 15.2. The van der Waals surface area contributed by atoms with E-state index in [9.17, 15) is 0 Å². The summed E-state index contributed by atoms with van der Waals surface area (Å²) in [5, 5.41) is 7.81. The van der Waals surface area contributed by atoms with Crippen molar-refractivity contribution < 1.29 is 0 Å². The molecular weight excluding hydrogens is 136 g/mol. The van der Waals surface area contributed by atoms with Crippen LogP contribution in [0.4, 0.5) is 0 Å². The molecule has 0 saturated heterocycles. The van der Waals surface area contributed by atoms with Gasteiger partial charge in [0.05, 0.1) is 5.71 Å². The minimum absolute atomic E-state index is 0.657. The molecule has 2 nitrogen and oxygen atoms in total. The minimum atomic E-state index is 0.657. The highest BCUT2D eigenvalue weighted by Crippen LogP contribution is 2.16. The molecule has 0 radical (unpaired) electrons. The summed E-state index contributed by atoms with van der Waals surface area (Å²) < 4.78 is 0. The lowest BCUT2D eigenvalue weighted by Crippen LogP contribution is -2.07. The SMILES string of the molecule is C#CC1=NN=C2CC=CC=C12. The monoisotopic (exact) mass is 142 g/mol. The maximum Gasteiger partial charge on any atom is 0.144 e. The summed E-state index contributed by atoms with van der Waals surface area (Å²) in [6, 6.07) is 0. The van der Waals surface area contributed by atoms with Crippen molar-refractivity contribution in [1.29, 1.82) is 0 Å². The molecule has 0 amide bonds. The van der Waals surface area contributed by atoms with Crippen molar-refractivity contribution in [1.82, 2.24) is 0 Å². The second kappa shape index (κ2) is 2.21. The zero-order valence-electron chi connectivity index (χ0n) is 5.91. The van der Waals surface area contributed by atoms with Crippen LogP contribution >= 0.6 is 0 Å². The molecular formula is C9H6N2. The molecule has 1 aliphatic heterocycles. The molecule has 2 heteroatoms. The smallest absolute Gasteiger partial charge is 0.144 e. The van der Waals surface area contributed by atoms with Gasteiger partial charge in [0, 0.05) is 12.0 Å². The summed E-state index contributed by atoms with van der Waals surface area (Å²) in [5.41, 5.74) is 2.65. The summed E-state index contributed by atoms with van der Waals surface area (Å²) in [7, 11) is 0. The predicted octanol–water partition coefficient (Wildman–Crippen LogP) is 1.32. The lowest BCUT2D eigenvalue weighted by Gasteiger charge is -2.02. The second-order valence-electron chi connectivity index (χ2n) is 2.35. The van der Waals surface area contributed by atoms with E-state index in [1.807, 2.05) is 18.2 Å². The number of hydrogen-bond acceptors (Lipinski definition) is 2. The van der Waals surface area contributed by atoms with Crippen LogP contribution in [0.3, 0.4) is 0 Å². The summed E-state index contributed by atoms with van der Waals surface area (Å²) in [5.74, 6) is 2.50. The molecule has 2 rings (SSSR count). The van der Waals surface area contributed by atoms with Crippen molar-refractivity contribution in [3.05, 3.63) is 23.8 Å². The molecule has 11 heavy (non-hydrogen) atoms. The van der Waals surface area contributed by atoms with Crippen LogP contribution < -0.4 is 0 Å². The van der Waals surface area contributed by atoms with Gasteiger partial charge in [0.15, 0.2) is 0 Å². The molecule has 1 aliphatic carbocycles. The van der Waals surface area contributed by atoms with E-state index in [2.05, 4.69) is 16.1 Å². The Balaban J connectivity index is 2.45.